The lowest BCUT2D eigenvalue weighted by Gasteiger charge is -2.35. The van der Waals surface area contributed by atoms with Crippen molar-refractivity contribution < 1.29 is 14.6 Å². The summed E-state index contributed by atoms with van der Waals surface area (Å²) in [4.78, 5) is 11.7. The number of carbonyl (C=O) groups is 1. The molecular weight excluding hydrogens is 242 g/mol. The first-order valence-corrected chi connectivity index (χ1v) is 6.80. The molecule has 0 radical (unpaired) electrons. The second kappa shape index (κ2) is 5.61. The minimum absolute atomic E-state index is 0.0821. The number of anilines is 1. The predicted octanol–water partition coefficient (Wildman–Crippen LogP) is 2.21. The lowest BCUT2D eigenvalue weighted by molar-refractivity contribution is -0.151. The highest BCUT2D eigenvalue weighted by Crippen LogP contribution is 2.40. The molecule has 0 spiro atoms. The molecule has 1 aromatic carbocycles. The van der Waals surface area contributed by atoms with E-state index in [9.17, 15) is 9.90 Å². The van der Waals surface area contributed by atoms with Crippen LogP contribution in [0.25, 0.3) is 0 Å². The first kappa shape index (κ1) is 13.9. The zero-order chi connectivity index (χ0) is 13.9. The maximum atomic E-state index is 11.7. The van der Waals surface area contributed by atoms with E-state index in [2.05, 4.69) is 0 Å². The summed E-state index contributed by atoms with van der Waals surface area (Å²) in [5.41, 5.74) is 6.39. The van der Waals surface area contributed by atoms with Crippen molar-refractivity contribution in [3.8, 4) is 0 Å². The number of rotatable bonds is 3. The van der Waals surface area contributed by atoms with Gasteiger partial charge in [-0.1, -0.05) is 12.1 Å². The quantitative estimate of drug-likeness (QED) is 0.648. The summed E-state index contributed by atoms with van der Waals surface area (Å²) in [5, 5.41) is 10.7. The van der Waals surface area contributed by atoms with Crippen LogP contribution in [0.5, 0.6) is 0 Å². The van der Waals surface area contributed by atoms with Crippen LogP contribution in [0.2, 0.25) is 0 Å². The van der Waals surface area contributed by atoms with Crippen molar-refractivity contribution in [1.29, 1.82) is 0 Å². The van der Waals surface area contributed by atoms with E-state index < -0.39 is 5.60 Å². The lowest BCUT2D eigenvalue weighted by Crippen LogP contribution is -2.34. The van der Waals surface area contributed by atoms with Crippen LogP contribution in [0.1, 0.15) is 38.2 Å². The first-order valence-electron chi connectivity index (χ1n) is 6.80. The Bertz CT molecular complexity index is 450. The molecule has 1 saturated carbocycles. The molecule has 1 aliphatic rings. The van der Waals surface area contributed by atoms with E-state index in [4.69, 9.17) is 10.5 Å². The molecule has 2 rings (SSSR count). The number of aliphatic hydroxyl groups is 1. The van der Waals surface area contributed by atoms with E-state index in [1.165, 1.54) is 0 Å². The van der Waals surface area contributed by atoms with Gasteiger partial charge in [0.15, 0.2) is 0 Å². The highest BCUT2D eigenvalue weighted by molar-refractivity contribution is 5.72. The van der Waals surface area contributed by atoms with Crippen LogP contribution in [0.4, 0.5) is 5.69 Å². The van der Waals surface area contributed by atoms with E-state index in [1.54, 1.807) is 6.07 Å². The van der Waals surface area contributed by atoms with Gasteiger partial charge in [-0.15, -0.1) is 0 Å². The SMILES string of the molecule is CCOC(=O)C1CCC(O)(c2cccc(N)c2)CC1. The van der Waals surface area contributed by atoms with Crippen LogP contribution in [-0.4, -0.2) is 17.7 Å². The Hall–Kier alpha value is -1.55. The largest absolute Gasteiger partial charge is 0.466 e. The standard InChI is InChI=1S/C15H21NO3/c1-2-19-14(17)11-6-8-15(18,9-7-11)12-4-3-5-13(16)10-12/h3-5,10-11,18H,2,6-9,16H2,1H3. The van der Waals surface area contributed by atoms with Crippen LogP contribution in [-0.2, 0) is 15.1 Å². The molecular formula is C15H21NO3. The van der Waals surface area contributed by atoms with Gasteiger partial charge in [0.05, 0.1) is 18.1 Å². The number of hydrogen-bond acceptors (Lipinski definition) is 4. The van der Waals surface area contributed by atoms with Gasteiger partial charge in [-0.3, -0.25) is 4.79 Å². The second-order valence-corrected chi connectivity index (χ2v) is 5.18. The molecule has 0 bridgehead atoms. The van der Waals surface area contributed by atoms with Gasteiger partial charge in [-0.2, -0.15) is 0 Å². The van der Waals surface area contributed by atoms with Crippen LogP contribution in [0, 0.1) is 5.92 Å². The normalized spacial score (nSPS) is 26.9. The maximum Gasteiger partial charge on any atom is 0.308 e. The monoisotopic (exact) mass is 263 g/mol. The summed E-state index contributed by atoms with van der Waals surface area (Å²) >= 11 is 0. The molecule has 4 nitrogen and oxygen atoms in total. The van der Waals surface area contributed by atoms with Crippen molar-refractivity contribution in [3.63, 3.8) is 0 Å². The Morgan fingerprint density at radius 3 is 2.74 bits per heavy atom. The van der Waals surface area contributed by atoms with Gasteiger partial charge >= 0.3 is 5.97 Å². The molecule has 1 aliphatic carbocycles. The van der Waals surface area contributed by atoms with Crippen molar-refractivity contribution in [2.75, 3.05) is 12.3 Å². The van der Waals surface area contributed by atoms with Crippen molar-refractivity contribution in [1.82, 2.24) is 0 Å². The van der Waals surface area contributed by atoms with Crippen LogP contribution >= 0.6 is 0 Å². The van der Waals surface area contributed by atoms with Crippen molar-refractivity contribution in [2.24, 2.45) is 5.92 Å². The summed E-state index contributed by atoms with van der Waals surface area (Å²) in [6.45, 7) is 2.22. The molecule has 0 aliphatic heterocycles. The van der Waals surface area contributed by atoms with Gasteiger partial charge in [-0.25, -0.2) is 0 Å². The number of nitrogen functional groups attached to an aromatic ring is 1. The third kappa shape index (κ3) is 3.07. The summed E-state index contributed by atoms with van der Waals surface area (Å²) in [6, 6.07) is 7.35. The molecule has 1 aromatic rings. The van der Waals surface area contributed by atoms with Crippen LogP contribution in [0.15, 0.2) is 24.3 Å². The predicted molar refractivity (Wildman–Crippen MR) is 73.3 cm³/mol. The van der Waals surface area contributed by atoms with E-state index >= 15 is 0 Å². The third-order valence-electron chi connectivity index (χ3n) is 3.86. The van der Waals surface area contributed by atoms with Crippen molar-refractivity contribution in [3.05, 3.63) is 29.8 Å². The first-order chi connectivity index (χ1) is 9.05. The number of esters is 1. The zero-order valence-electron chi connectivity index (χ0n) is 11.3. The zero-order valence-corrected chi connectivity index (χ0v) is 11.3. The highest BCUT2D eigenvalue weighted by atomic mass is 16.5. The molecule has 104 valence electrons. The maximum absolute atomic E-state index is 11.7. The van der Waals surface area contributed by atoms with E-state index in [0.29, 0.717) is 38.0 Å². The molecule has 0 aromatic heterocycles. The Morgan fingerprint density at radius 1 is 1.47 bits per heavy atom. The third-order valence-corrected chi connectivity index (χ3v) is 3.86. The minimum Gasteiger partial charge on any atom is -0.466 e. The Balaban J connectivity index is 2.04. The summed E-state index contributed by atoms with van der Waals surface area (Å²) < 4.78 is 5.03. The Labute approximate surface area is 113 Å². The van der Waals surface area contributed by atoms with Gasteiger partial charge in [0.2, 0.25) is 0 Å². The summed E-state index contributed by atoms with van der Waals surface area (Å²) in [7, 11) is 0. The number of benzene rings is 1. The topological polar surface area (TPSA) is 72.5 Å². The Kier molecular flexibility index (Phi) is 4.10. The summed E-state index contributed by atoms with van der Waals surface area (Å²) in [6.07, 6.45) is 2.45. The van der Waals surface area contributed by atoms with Crippen LogP contribution in [0.3, 0.4) is 0 Å². The van der Waals surface area contributed by atoms with Crippen molar-refractivity contribution >= 4 is 11.7 Å². The number of hydrogen-bond donors (Lipinski definition) is 2. The average molecular weight is 263 g/mol. The van der Waals surface area contributed by atoms with E-state index in [-0.39, 0.29) is 11.9 Å². The van der Waals surface area contributed by atoms with Gasteiger partial charge in [0.25, 0.3) is 0 Å². The molecule has 19 heavy (non-hydrogen) atoms. The lowest BCUT2D eigenvalue weighted by atomic mass is 9.75. The number of ether oxygens (including phenoxy) is 1. The summed E-state index contributed by atoms with van der Waals surface area (Å²) in [5.74, 6) is -0.224. The molecule has 0 saturated heterocycles. The van der Waals surface area contributed by atoms with Gasteiger partial charge in [0.1, 0.15) is 0 Å². The molecule has 1 fully saturated rings. The highest BCUT2D eigenvalue weighted by Gasteiger charge is 2.37. The average Bonchev–Trinajstić information content (AvgIpc) is 2.40. The molecule has 0 amide bonds. The minimum atomic E-state index is -0.863. The Morgan fingerprint density at radius 2 is 2.16 bits per heavy atom. The molecule has 0 atom stereocenters. The van der Waals surface area contributed by atoms with E-state index in [0.717, 1.165) is 5.56 Å². The molecule has 0 heterocycles. The fourth-order valence-corrected chi connectivity index (χ4v) is 2.71. The molecule has 3 N–H and O–H groups in total. The van der Waals surface area contributed by atoms with Gasteiger partial charge in [0, 0.05) is 5.69 Å². The van der Waals surface area contributed by atoms with Crippen LogP contribution < -0.4 is 5.73 Å². The number of nitrogens with two attached hydrogens (primary N) is 1. The second-order valence-electron chi connectivity index (χ2n) is 5.18. The number of carbonyl (C=O) groups excluding carboxylic acids is 1. The van der Waals surface area contributed by atoms with E-state index in [1.807, 2.05) is 25.1 Å². The van der Waals surface area contributed by atoms with Gasteiger partial charge in [-0.05, 0) is 50.3 Å². The van der Waals surface area contributed by atoms with Gasteiger partial charge < -0.3 is 15.6 Å². The van der Waals surface area contributed by atoms with Crippen molar-refractivity contribution in [2.45, 2.75) is 38.2 Å². The smallest absolute Gasteiger partial charge is 0.308 e. The fourth-order valence-electron chi connectivity index (χ4n) is 2.71. The fraction of sp³-hybridized carbons (Fsp3) is 0.533. The molecule has 4 heteroatoms. The molecule has 0 unspecified atom stereocenters.